The van der Waals surface area contributed by atoms with Crippen LogP contribution in [0.4, 0.5) is 5.69 Å². The van der Waals surface area contributed by atoms with Gasteiger partial charge in [0.1, 0.15) is 5.78 Å². The highest BCUT2D eigenvalue weighted by Crippen LogP contribution is 2.31. The van der Waals surface area contributed by atoms with Gasteiger partial charge in [-0.3, -0.25) is 9.59 Å². The average molecular weight is 602 g/mol. The molecule has 5 rings (SSSR count). The van der Waals surface area contributed by atoms with E-state index in [0.29, 0.717) is 36.0 Å². The van der Waals surface area contributed by atoms with Crippen LogP contribution in [0.2, 0.25) is 0 Å². The summed E-state index contributed by atoms with van der Waals surface area (Å²) in [6.07, 6.45) is 3.99. The summed E-state index contributed by atoms with van der Waals surface area (Å²) in [5, 5.41) is 22.2. The lowest BCUT2D eigenvalue weighted by molar-refractivity contribution is -0.129. The van der Waals surface area contributed by atoms with Crippen LogP contribution in [0.15, 0.2) is 77.7 Å². The Labute approximate surface area is 250 Å². The van der Waals surface area contributed by atoms with E-state index in [0.717, 1.165) is 42.4 Å². The summed E-state index contributed by atoms with van der Waals surface area (Å²) in [6, 6.07) is 21.1. The zero-order valence-electron chi connectivity index (χ0n) is 23.6. The number of hydrogen-bond donors (Lipinski definition) is 4. The summed E-state index contributed by atoms with van der Waals surface area (Å²) >= 11 is 0. The highest BCUT2D eigenvalue weighted by Gasteiger charge is 2.30. The zero-order valence-corrected chi connectivity index (χ0v) is 24.5. The van der Waals surface area contributed by atoms with E-state index in [1.165, 1.54) is 12.1 Å². The molecule has 6 N–H and O–H groups in total. The van der Waals surface area contributed by atoms with Gasteiger partial charge in [0.2, 0.25) is 21.8 Å². The molecular weight excluding hydrogens is 566 g/mol. The number of nitrogens with two attached hydrogens (primary N) is 2. The van der Waals surface area contributed by atoms with E-state index in [2.05, 4.69) is 25.9 Å². The number of rotatable bonds is 11. The van der Waals surface area contributed by atoms with E-state index in [-0.39, 0.29) is 28.9 Å². The van der Waals surface area contributed by atoms with Crippen LogP contribution in [-0.2, 0) is 26.0 Å². The number of primary sulfonamides is 1. The van der Waals surface area contributed by atoms with E-state index < -0.39 is 15.9 Å². The Morgan fingerprint density at radius 3 is 2.26 bits per heavy atom. The lowest BCUT2D eigenvalue weighted by atomic mass is 9.77. The van der Waals surface area contributed by atoms with Gasteiger partial charge in [0.05, 0.1) is 4.90 Å². The smallest absolute Gasteiger partial charge is 0.238 e. The number of hydrogen-bond acceptors (Lipinski definition) is 8. The Hall–Kier alpha value is -4.26. The van der Waals surface area contributed by atoms with Gasteiger partial charge in [-0.2, -0.15) is 5.21 Å². The molecule has 0 spiro atoms. The van der Waals surface area contributed by atoms with Crippen molar-refractivity contribution in [1.29, 1.82) is 0 Å². The van der Waals surface area contributed by atoms with E-state index in [4.69, 9.17) is 10.9 Å². The Morgan fingerprint density at radius 1 is 0.930 bits per heavy atom. The van der Waals surface area contributed by atoms with E-state index in [1.54, 1.807) is 30.3 Å². The molecule has 1 aromatic heterocycles. The normalized spacial score (nSPS) is 17.7. The molecule has 224 valence electrons. The van der Waals surface area contributed by atoms with Crippen LogP contribution in [0.3, 0.4) is 0 Å². The molecule has 43 heavy (non-hydrogen) atoms. The number of tetrazole rings is 1. The molecule has 4 aromatic rings. The molecule has 0 radical (unpaired) electrons. The van der Waals surface area contributed by atoms with E-state index in [1.807, 2.05) is 30.3 Å². The minimum atomic E-state index is -3.83. The van der Waals surface area contributed by atoms with Crippen molar-refractivity contribution >= 4 is 27.4 Å². The molecule has 1 amide bonds. The lowest BCUT2D eigenvalue weighted by Gasteiger charge is -2.27. The second-order valence-corrected chi connectivity index (χ2v) is 12.7. The summed E-state index contributed by atoms with van der Waals surface area (Å²) in [5.74, 6) is 0.156. The van der Waals surface area contributed by atoms with Gasteiger partial charge in [-0.05, 0) is 103 Å². The predicted molar refractivity (Wildman–Crippen MR) is 163 cm³/mol. The number of ketones is 1. The number of Topliss-reactive ketones (excluding diaryl/α,β-unsaturated/α-hetero) is 1. The van der Waals surface area contributed by atoms with Gasteiger partial charge in [0.15, 0.2) is 0 Å². The van der Waals surface area contributed by atoms with Crippen molar-refractivity contribution in [1.82, 2.24) is 20.6 Å². The Morgan fingerprint density at radius 2 is 1.63 bits per heavy atom. The maximum absolute atomic E-state index is 13.6. The van der Waals surface area contributed by atoms with Crippen molar-refractivity contribution in [3.05, 3.63) is 78.4 Å². The van der Waals surface area contributed by atoms with Gasteiger partial charge in [0, 0.05) is 29.5 Å². The number of benzene rings is 3. The van der Waals surface area contributed by atoms with Crippen LogP contribution in [0, 0.1) is 17.8 Å². The van der Waals surface area contributed by atoms with Gasteiger partial charge in [-0.15, -0.1) is 10.2 Å². The fourth-order valence-electron chi connectivity index (χ4n) is 5.59. The van der Waals surface area contributed by atoms with Crippen LogP contribution in [0.5, 0.6) is 0 Å². The van der Waals surface area contributed by atoms with Crippen LogP contribution in [0.25, 0.3) is 22.5 Å². The minimum Gasteiger partial charge on any atom is -0.330 e. The molecule has 1 saturated carbocycles. The molecule has 1 heterocycles. The number of H-pyrrole nitrogens is 1. The molecule has 11 nitrogen and oxygen atoms in total. The molecule has 0 saturated heterocycles. The number of carbonyl (C=O) groups is 2. The van der Waals surface area contributed by atoms with Crippen molar-refractivity contribution in [2.24, 2.45) is 28.6 Å². The maximum Gasteiger partial charge on any atom is 0.238 e. The molecular formula is C31H35N7O4S. The minimum absolute atomic E-state index is 0.0372. The maximum atomic E-state index is 13.6. The van der Waals surface area contributed by atoms with Crippen molar-refractivity contribution in [2.45, 2.75) is 43.4 Å². The van der Waals surface area contributed by atoms with Gasteiger partial charge in [0.25, 0.3) is 0 Å². The number of sulfonamides is 1. The summed E-state index contributed by atoms with van der Waals surface area (Å²) in [5.41, 5.74) is 9.59. The topological polar surface area (TPSA) is 187 Å². The molecule has 1 aliphatic carbocycles. The SMILES string of the molecule is NCC1CCC(C(=O)C[C@@H](Cc2ccc(-c3cccc(S(N)(=O)=O)c3)cc2)C(=O)Nc2ccc(-c3nn[nH]n3)cc2)CC1. The van der Waals surface area contributed by atoms with Gasteiger partial charge >= 0.3 is 0 Å². The standard InChI is InChI=1S/C31H35N7O4S/c32-19-21-6-10-23(11-7-21)29(39)18-26(31(40)34-27-14-12-24(13-15-27)30-35-37-38-36-30)16-20-4-8-22(9-5-20)25-2-1-3-28(17-25)43(33,41)42/h1-5,8-9,12-15,17,21,23,26H,6-7,10-11,16,18-19,32H2,(H,34,40)(H2,33,41,42)(H,35,36,37,38)/t21?,23?,26-/m1/s1. The van der Waals surface area contributed by atoms with Crippen LogP contribution < -0.4 is 16.2 Å². The van der Waals surface area contributed by atoms with E-state index in [9.17, 15) is 18.0 Å². The second-order valence-electron chi connectivity index (χ2n) is 11.1. The first-order valence-corrected chi connectivity index (χ1v) is 15.8. The van der Waals surface area contributed by atoms with Crippen LogP contribution in [-0.4, -0.2) is 47.3 Å². The third kappa shape index (κ3) is 7.78. The van der Waals surface area contributed by atoms with Crippen molar-refractivity contribution in [3.8, 4) is 22.5 Å². The number of aromatic nitrogens is 4. The first-order valence-electron chi connectivity index (χ1n) is 14.3. The molecule has 1 atom stereocenters. The lowest BCUT2D eigenvalue weighted by Crippen LogP contribution is -2.31. The third-order valence-electron chi connectivity index (χ3n) is 8.14. The molecule has 12 heteroatoms. The van der Waals surface area contributed by atoms with Crippen molar-refractivity contribution in [2.75, 3.05) is 11.9 Å². The molecule has 1 fully saturated rings. The summed E-state index contributed by atoms with van der Waals surface area (Å²) in [4.78, 5) is 27.0. The fraction of sp³-hybridized carbons (Fsp3) is 0.323. The van der Waals surface area contributed by atoms with Gasteiger partial charge in [-0.1, -0.05) is 36.4 Å². The second kappa shape index (κ2) is 13.4. The molecule has 3 aromatic carbocycles. The predicted octanol–water partition coefficient (Wildman–Crippen LogP) is 3.70. The third-order valence-corrected chi connectivity index (χ3v) is 9.05. The van der Waals surface area contributed by atoms with Crippen LogP contribution in [0.1, 0.15) is 37.7 Å². The number of nitrogens with zero attached hydrogens (tertiary/aromatic N) is 3. The van der Waals surface area contributed by atoms with Gasteiger partial charge in [-0.25, -0.2) is 13.6 Å². The molecule has 0 bridgehead atoms. The largest absolute Gasteiger partial charge is 0.330 e. The highest BCUT2D eigenvalue weighted by atomic mass is 32.2. The van der Waals surface area contributed by atoms with E-state index >= 15 is 0 Å². The Bertz CT molecular complexity index is 1650. The first kappa shape index (κ1) is 30.2. The summed E-state index contributed by atoms with van der Waals surface area (Å²) < 4.78 is 23.6. The van der Waals surface area contributed by atoms with Gasteiger partial charge < -0.3 is 11.1 Å². The zero-order chi connectivity index (χ0) is 30.4. The average Bonchev–Trinajstić information content (AvgIpc) is 3.56. The number of amides is 1. The monoisotopic (exact) mass is 601 g/mol. The van der Waals surface area contributed by atoms with Crippen molar-refractivity contribution < 1.29 is 18.0 Å². The number of carbonyl (C=O) groups excluding carboxylic acids is 2. The summed E-state index contributed by atoms with van der Waals surface area (Å²) in [7, 11) is -3.83. The Kier molecular flexibility index (Phi) is 9.39. The number of nitrogens with one attached hydrogen (secondary N) is 2. The fourth-order valence-corrected chi connectivity index (χ4v) is 6.15. The molecule has 0 unspecified atom stereocenters. The van der Waals surface area contributed by atoms with Crippen LogP contribution >= 0.6 is 0 Å². The molecule has 0 aliphatic heterocycles. The Balaban J connectivity index is 1.32. The first-order chi connectivity index (χ1) is 20.7. The summed E-state index contributed by atoms with van der Waals surface area (Å²) in [6.45, 7) is 0.639. The molecule has 1 aliphatic rings. The van der Waals surface area contributed by atoms with Crippen molar-refractivity contribution in [3.63, 3.8) is 0 Å². The highest BCUT2D eigenvalue weighted by molar-refractivity contribution is 7.89. The quantitative estimate of drug-likeness (QED) is 0.200. The number of aromatic amines is 1. The number of anilines is 1.